The summed E-state index contributed by atoms with van der Waals surface area (Å²) in [6, 6.07) is 14.7. The van der Waals surface area contributed by atoms with Crippen LogP contribution in [0.25, 0.3) is 0 Å². The van der Waals surface area contributed by atoms with Gasteiger partial charge in [-0.15, -0.1) is 0 Å². The number of nitrogens with zero attached hydrogens (tertiary/aromatic N) is 2. The summed E-state index contributed by atoms with van der Waals surface area (Å²) >= 11 is 0. The zero-order chi connectivity index (χ0) is 23.3. The van der Waals surface area contributed by atoms with E-state index in [9.17, 15) is 13.2 Å². The number of carbonyl (C=O) groups is 1. The molecule has 0 aliphatic carbocycles. The third-order valence-corrected chi connectivity index (χ3v) is 6.96. The van der Waals surface area contributed by atoms with Crippen molar-refractivity contribution < 1.29 is 17.9 Å². The van der Waals surface area contributed by atoms with E-state index in [1.54, 1.807) is 24.3 Å². The summed E-state index contributed by atoms with van der Waals surface area (Å²) in [5.41, 5.74) is 2.49. The summed E-state index contributed by atoms with van der Waals surface area (Å²) in [6.45, 7) is 5.98. The van der Waals surface area contributed by atoms with E-state index in [0.717, 1.165) is 29.2 Å². The second-order valence-corrected chi connectivity index (χ2v) is 10.4. The number of ether oxygens (including phenoxy) is 1. The predicted molar refractivity (Wildman–Crippen MR) is 129 cm³/mol. The number of piperidine rings is 1. The van der Waals surface area contributed by atoms with Crippen LogP contribution in [-0.2, 0) is 14.8 Å². The molecule has 2 unspecified atom stereocenters. The predicted octanol–water partition coefficient (Wildman–Crippen LogP) is 3.57. The molecule has 0 radical (unpaired) electrons. The molecule has 1 saturated heterocycles. The third-order valence-electron chi connectivity index (χ3n) is 5.83. The van der Waals surface area contributed by atoms with E-state index >= 15 is 0 Å². The van der Waals surface area contributed by atoms with Gasteiger partial charge in [0.2, 0.25) is 15.9 Å². The van der Waals surface area contributed by atoms with Gasteiger partial charge in [0.05, 0.1) is 25.1 Å². The zero-order valence-electron chi connectivity index (χ0n) is 19.2. The fourth-order valence-corrected chi connectivity index (χ4v) is 4.98. The van der Waals surface area contributed by atoms with Gasteiger partial charge in [0, 0.05) is 18.8 Å². The molecule has 0 spiro atoms. The van der Waals surface area contributed by atoms with Crippen LogP contribution in [0.1, 0.15) is 38.3 Å². The molecule has 8 heteroatoms. The summed E-state index contributed by atoms with van der Waals surface area (Å²) < 4.78 is 31.1. The van der Waals surface area contributed by atoms with Gasteiger partial charge >= 0.3 is 0 Å². The molecule has 2 aromatic rings. The van der Waals surface area contributed by atoms with Crippen molar-refractivity contribution in [2.45, 2.75) is 32.7 Å². The first-order valence-electron chi connectivity index (χ1n) is 10.9. The topological polar surface area (TPSA) is 79.0 Å². The quantitative estimate of drug-likeness (QED) is 0.653. The lowest BCUT2D eigenvalue weighted by atomic mass is 9.99. The van der Waals surface area contributed by atoms with Crippen LogP contribution in [0.15, 0.2) is 48.5 Å². The number of nitrogens with one attached hydrogen (secondary N) is 1. The molecule has 1 heterocycles. The number of methoxy groups -OCH3 is 1. The number of anilines is 2. The van der Waals surface area contributed by atoms with E-state index in [-0.39, 0.29) is 18.5 Å². The van der Waals surface area contributed by atoms with E-state index in [2.05, 4.69) is 29.3 Å². The molecule has 3 rings (SSSR count). The monoisotopic (exact) mass is 459 g/mol. The van der Waals surface area contributed by atoms with Crippen molar-refractivity contribution in [1.29, 1.82) is 0 Å². The molecule has 7 nitrogen and oxygen atoms in total. The summed E-state index contributed by atoms with van der Waals surface area (Å²) in [5, 5.41) is 2.91. The number of amides is 1. The van der Waals surface area contributed by atoms with E-state index < -0.39 is 10.0 Å². The van der Waals surface area contributed by atoms with Crippen molar-refractivity contribution in [2.75, 3.05) is 42.2 Å². The molecule has 1 aliphatic heterocycles. The van der Waals surface area contributed by atoms with E-state index in [0.29, 0.717) is 17.4 Å². The number of hydrogen-bond donors (Lipinski definition) is 1. The van der Waals surface area contributed by atoms with Crippen LogP contribution in [0.3, 0.4) is 0 Å². The van der Waals surface area contributed by atoms with Gasteiger partial charge in [-0.2, -0.15) is 0 Å². The SMILES string of the molecule is COc1ccccc1N(CC(=O)NC(C)c1ccc(N2CCCC(C)C2)cc1)S(C)(=O)=O. The standard InChI is InChI=1S/C24H33N3O4S/c1-18-8-7-15-26(16-18)21-13-11-20(12-14-21)19(2)25-24(28)17-27(32(4,29)30)22-9-5-6-10-23(22)31-3/h5-6,9-14,18-19H,7-8,15-17H2,1-4H3,(H,25,28). The Morgan fingerprint density at radius 3 is 2.53 bits per heavy atom. The van der Waals surface area contributed by atoms with Gasteiger partial charge in [0.1, 0.15) is 12.3 Å². The Bertz CT molecular complexity index is 1020. The molecule has 0 bridgehead atoms. The maximum atomic E-state index is 12.7. The van der Waals surface area contributed by atoms with Gasteiger partial charge < -0.3 is 15.0 Å². The molecule has 2 atom stereocenters. The normalized spacial score (nSPS) is 17.5. The highest BCUT2D eigenvalue weighted by molar-refractivity contribution is 7.92. The van der Waals surface area contributed by atoms with Crippen LogP contribution in [0, 0.1) is 5.92 Å². The van der Waals surface area contributed by atoms with Gasteiger partial charge in [-0.25, -0.2) is 8.42 Å². The first kappa shape index (κ1) is 23.9. The Kier molecular flexibility index (Phi) is 7.66. The molecular weight excluding hydrogens is 426 g/mol. The van der Waals surface area contributed by atoms with Gasteiger partial charge in [-0.05, 0) is 55.5 Å². The third kappa shape index (κ3) is 5.94. The first-order chi connectivity index (χ1) is 15.2. The largest absolute Gasteiger partial charge is 0.495 e. The van der Waals surface area contributed by atoms with Crippen LogP contribution >= 0.6 is 0 Å². The molecule has 0 saturated carbocycles. The summed E-state index contributed by atoms with van der Waals surface area (Å²) in [5.74, 6) is 0.701. The maximum absolute atomic E-state index is 12.7. The summed E-state index contributed by atoms with van der Waals surface area (Å²) in [7, 11) is -2.21. The van der Waals surface area contributed by atoms with Crippen LogP contribution in [0.2, 0.25) is 0 Å². The highest BCUT2D eigenvalue weighted by atomic mass is 32.2. The molecule has 0 aromatic heterocycles. The van der Waals surface area contributed by atoms with Crippen LogP contribution in [0.4, 0.5) is 11.4 Å². The minimum absolute atomic E-state index is 0.254. The summed E-state index contributed by atoms with van der Waals surface area (Å²) in [4.78, 5) is 15.1. The van der Waals surface area contributed by atoms with Gasteiger partial charge in [0.15, 0.2) is 0 Å². The number of hydrogen-bond acceptors (Lipinski definition) is 5. The van der Waals surface area contributed by atoms with Gasteiger partial charge in [-0.1, -0.05) is 31.2 Å². The molecule has 1 fully saturated rings. The smallest absolute Gasteiger partial charge is 0.241 e. The number of rotatable bonds is 8. The lowest BCUT2D eigenvalue weighted by molar-refractivity contribution is -0.120. The Labute approximate surface area is 191 Å². The first-order valence-corrected chi connectivity index (χ1v) is 12.8. The minimum atomic E-state index is -3.68. The number of carbonyl (C=O) groups excluding carboxylic acids is 1. The second kappa shape index (κ2) is 10.3. The van der Waals surface area contributed by atoms with Crippen LogP contribution in [0.5, 0.6) is 5.75 Å². The molecule has 1 aliphatic rings. The molecule has 174 valence electrons. The van der Waals surface area contributed by atoms with Crippen molar-refractivity contribution >= 4 is 27.3 Å². The average Bonchev–Trinajstić information content (AvgIpc) is 2.77. The van der Waals surface area contributed by atoms with Crippen LogP contribution < -0.4 is 19.3 Å². The zero-order valence-corrected chi connectivity index (χ0v) is 20.1. The minimum Gasteiger partial charge on any atom is -0.495 e. The lowest BCUT2D eigenvalue weighted by Gasteiger charge is -2.33. The average molecular weight is 460 g/mol. The van der Waals surface area contributed by atoms with Gasteiger partial charge in [-0.3, -0.25) is 9.10 Å². The van der Waals surface area contributed by atoms with E-state index in [4.69, 9.17) is 4.74 Å². The number of benzene rings is 2. The fourth-order valence-electron chi connectivity index (χ4n) is 4.12. The fraction of sp³-hybridized carbons (Fsp3) is 0.458. The van der Waals surface area contributed by atoms with Crippen molar-refractivity contribution in [3.63, 3.8) is 0 Å². The van der Waals surface area contributed by atoms with Crippen molar-refractivity contribution in [1.82, 2.24) is 5.32 Å². The van der Waals surface area contributed by atoms with E-state index in [1.165, 1.54) is 25.6 Å². The van der Waals surface area contributed by atoms with Gasteiger partial charge in [0.25, 0.3) is 0 Å². The molecule has 32 heavy (non-hydrogen) atoms. The second-order valence-electron chi connectivity index (χ2n) is 8.52. The maximum Gasteiger partial charge on any atom is 0.241 e. The Morgan fingerprint density at radius 1 is 1.22 bits per heavy atom. The van der Waals surface area contributed by atoms with E-state index in [1.807, 2.05) is 19.1 Å². The molecule has 1 N–H and O–H groups in total. The Hall–Kier alpha value is -2.74. The Morgan fingerprint density at radius 2 is 1.91 bits per heavy atom. The van der Waals surface area contributed by atoms with Crippen molar-refractivity contribution in [2.24, 2.45) is 5.92 Å². The highest BCUT2D eigenvalue weighted by Gasteiger charge is 2.24. The molecule has 2 aromatic carbocycles. The van der Waals surface area contributed by atoms with Crippen LogP contribution in [-0.4, -0.2) is 47.3 Å². The number of sulfonamides is 1. The summed E-state index contributed by atoms with van der Waals surface area (Å²) in [6.07, 6.45) is 3.56. The van der Waals surface area contributed by atoms with Crippen molar-refractivity contribution in [3.05, 3.63) is 54.1 Å². The molecule has 1 amide bonds. The lowest BCUT2D eigenvalue weighted by Crippen LogP contribution is -2.41. The van der Waals surface area contributed by atoms with Crippen molar-refractivity contribution in [3.8, 4) is 5.75 Å². The number of para-hydroxylation sites is 2. The Balaban J connectivity index is 1.67. The highest BCUT2D eigenvalue weighted by Crippen LogP contribution is 2.29. The molecular formula is C24H33N3O4S.